The van der Waals surface area contributed by atoms with Crippen molar-refractivity contribution in [1.29, 1.82) is 0 Å². The Morgan fingerprint density at radius 3 is 1.85 bits per heavy atom. The molecule has 21 atom stereocenters. The van der Waals surface area contributed by atoms with Crippen molar-refractivity contribution in [3.8, 4) is 0 Å². The molecule has 2 amide bonds. The third-order valence-electron chi connectivity index (χ3n) is 12.2. The van der Waals surface area contributed by atoms with E-state index in [4.69, 9.17) is 37.9 Å². The lowest BCUT2D eigenvalue weighted by Crippen LogP contribution is -2.71. The number of aliphatic carboxylic acids is 1. The summed E-state index contributed by atoms with van der Waals surface area (Å²) in [4.78, 5) is 49.3. The van der Waals surface area contributed by atoms with E-state index in [1.807, 2.05) is 0 Å². The van der Waals surface area contributed by atoms with Gasteiger partial charge in [-0.2, -0.15) is 0 Å². The average Bonchev–Trinajstić information content (AvgIpc) is 3.30. The molecule has 4 heterocycles. The van der Waals surface area contributed by atoms with Crippen LogP contribution in [0.2, 0.25) is 0 Å². The summed E-state index contributed by atoms with van der Waals surface area (Å²) in [6.45, 7) is 0.519. The summed E-state index contributed by atoms with van der Waals surface area (Å²) in [6.07, 6.45) is -29.9. The maximum Gasteiger partial charge on any atom is 0.364 e. The quantitative estimate of drug-likeness (QED) is 0.0316. The lowest BCUT2D eigenvalue weighted by molar-refractivity contribution is -0.391. The number of hydrogen-bond donors (Lipinski definition) is 14. The zero-order valence-electron chi connectivity index (χ0n) is 38.2. The van der Waals surface area contributed by atoms with E-state index in [0.717, 1.165) is 33.1 Å². The first kappa shape index (κ1) is 57.7. The number of carboxylic acids is 1. The van der Waals surface area contributed by atoms with E-state index in [1.54, 1.807) is 0 Å². The van der Waals surface area contributed by atoms with Crippen molar-refractivity contribution in [2.24, 2.45) is 0 Å². The molecule has 4 aliphatic heterocycles. The fraction of sp³-hybridized carbons (Fsp3) is 0.902. The van der Waals surface area contributed by atoms with E-state index >= 15 is 0 Å². The molecule has 14 N–H and O–H groups in total. The number of hydrogen-bond acceptors (Lipinski definition) is 24. The molecule has 4 rings (SSSR count). The second-order valence-corrected chi connectivity index (χ2v) is 17.3. The van der Waals surface area contributed by atoms with Gasteiger partial charge in [-0.3, -0.25) is 14.4 Å². The highest BCUT2D eigenvalue weighted by molar-refractivity contribution is 5.77. The Bertz CT molecular complexity index is 1600. The van der Waals surface area contributed by atoms with Crippen LogP contribution < -0.4 is 10.6 Å². The summed E-state index contributed by atoms with van der Waals surface area (Å²) in [5.41, 5.74) is 0. The Balaban J connectivity index is 1.66. The molecule has 68 heavy (non-hydrogen) atoms. The molecule has 4 fully saturated rings. The monoisotopic (exact) mass is 990 g/mol. The summed E-state index contributed by atoms with van der Waals surface area (Å²) in [6, 6.07) is -3.04. The lowest BCUT2D eigenvalue weighted by Gasteiger charge is -2.51. The first-order valence-corrected chi connectivity index (χ1v) is 22.5. The van der Waals surface area contributed by atoms with Crippen LogP contribution in [0.5, 0.6) is 0 Å². The van der Waals surface area contributed by atoms with E-state index in [-0.39, 0.29) is 12.6 Å². The van der Waals surface area contributed by atoms with Crippen LogP contribution in [0.4, 0.5) is 0 Å². The van der Waals surface area contributed by atoms with Gasteiger partial charge in [0.15, 0.2) is 18.9 Å². The molecule has 4 aliphatic rings. The topological polar surface area (TPSA) is 418 Å². The van der Waals surface area contributed by atoms with E-state index in [0.29, 0.717) is 25.7 Å². The van der Waals surface area contributed by atoms with E-state index in [9.17, 15) is 80.5 Å². The van der Waals surface area contributed by atoms with Crippen molar-refractivity contribution in [3.63, 3.8) is 0 Å². The van der Waals surface area contributed by atoms with Crippen molar-refractivity contribution < 1.29 is 123 Å². The number of unbranched alkanes of at least 4 members (excludes halogenated alkanes) is 5. The first-order chi connectivity index (χ1) is 32.1. The molecule has 4 saturated heterocycles. The fourth-order valence-corrected chi connectivity index (χ4v) is 8.50. The van der Waals surface area contributed by atoms with Crippen molar-refractivity contribution in [1.82, 2.24) is 10.6 Å². The van der Waals surface area contributed by atoms with Crippen LogP contribution in [-0.2, 0) is 61.8 Å². The lowest BCUT2D eigenvalue weighted by atomic mass is 9.88. The standard InChI is InChI=1S/C41H70N2O25/c1-17-27(52)30(55)31(56)38(62-17)66-35-26(43-19(3)48)37(61-12-10-8-6-5-7-9-11-24(51)60-4)64-23(16-46)33(35)65-39-32(57)36(29(54)22(15-45)63-39)68-41(40(58)59)13-20(49)25(42-18(2)47)34(67-41)28(53)21(50)14-44/h17,20-23,25-39,44-46,49-50,52-57H,5-16H2,1-4H3,(H,42,47)(H,43,48)(H,58,59)/t17?,20?,21?,22-,23-,25?,26?,27?,28?,29?,30?,31?,32?,33?,34?,35?,36?,37?,38?,39?,41?/m1/s1. The Labute approximate surface area is 391 Å². The summed E-state index contributed by atoms with van der Waals surface area (Å²) in [5, 5.41) is 134. The highest BCUT2D eigenvalue weighted by atomic mass is 16.8. The number of amides is 2. The molecule has 0 spiro atoms. The second kappa shape index (κ2) is 26.5. The van der Waals surface area contributed by atoms with Gasteiger partial charge in [0, 0.05) is 33.3 Å². The van der Waals surface area contributed by atoms with Gasteiger partial charge in [-0.15, -0.1) is 0 Å². The number of aliphatic hydroxyl groups excluding tert-OH is 11. The van der Waals surface area contributed by atoms with E-state index in [2.05, 4.69) is 15.4 Å². The van der Waals surface area contributed by atoms with Crippen LogP contribution in [0.3, 0.4) is 0 Å². The third-order valence-corrected chi connectivity index (χ3v) is 12.2. The van der Waals surface area contributed by atoms with Crippen LogP contribution in [0.15, 0.2) is 0 Å². The number of esters is 1. The average molecular weight is 991 g/mol. The van der Waals surface area contributed by atoms with Gasteiger partial charge in [0.05, 0.1) is 45.2 Å². The number of carboxylic acid groups (broad SMARTS) is 1. The number of nitrogens with one attached hydrogen (secondary N) is 2. The van der Waals surface area contributed by atoms with Crippen molar-refractivity contribution >= 4 is 23.8 Å². The van der Waals surface area contributed by atoms with Crippen molar-refractivity contribution in [2.75, 3.05) is 33.5 Å². The summed E-state index contributed by atoms with van der Waals surface area (Å²) in [7, 11) is 1.32. The van der Waals surface area contributed by atoms with Gasteiger partial charge in [0.25, 0.3) is 5.79 Å². The number of ether oxygens (including phenoxy) is 9. The van der Waals surface area contributed by atoms with Crippen LogP contribution in [0.1, 0.15) is 72.1 Å². The molecule has 0 aromatic heterocycles. The van der Waals surface area contributed by atoms with Gasteiger partial charge in [-0.1, -0.05) is 25.7 Å². The number of methoxy groups -OCH3 is 1. The number of carbonyl (C=O) groups is 4. The second-order valence-electron chi connectivity index (χ2n) is 17.3. The number of rotatable bonds is 24. The third kappa shape index (κ3) is 14.4. The molecule has 0 radical (unpaired) electrons. The zero-order valence-corrected chi connectivity index (χ0v) is 38.2. The van der Waals surface area contributed by atoms with Crippen LogP contribution in [-0.4, -0.2) is 247 Å². The van der Waals surface area contributed by atoms with Gasteiger partial charge in [-0.25, -0.2) is 4.79 Å². The number of carbonyl (C=O) groups excluding carboxylic acids is 3. The van der Waals surface area contributed by atoms with Crippen LogP contribution in [0, 0.1) is 0 Å². The Hall–Kier alpha value is -2.88. The summed E-state index contributed by atoms with van der Waals surface area (Å²) in [5.74, 6) is -6.90. The minimum absolute atomic E-state index is 0.0356. The predicted molar refractivity (Wildman–Crippen MR) is 221 cm³/mol. The van der Waals surface area contributed by atoms with Gasteiger partial charge >= 0.3 is 11.9 Å². The molecule has 27 nitrogen and oxygen atoms in total. The van der Waals surface area contributed by atoms with Gasteiger partial charge in [-0.05, 0) is 19.8 Å². The summed E-state index contributed by atoms with van der Waals surface area (Å²) >= 11 is 0. The van der Waals surface area contributed by atoms with Crippen LogP contribution in [0.25, 0.3) is 0 Å². The van der Waals surface area contributed by atoms with Crippen LogP contribution >= 0.6 is 0 Å². The molecule has 0 saturated carbocycles. The minimum atomic E-state index is -3.13. The van der Waals surface area contributed by atoms with E-state index in [1.165, 1.54) is 14.0 Å². The molecule has 394 valence electrons. The molecule has 0 aromatic rings. The Morgan fingerprint density at radius 2 is 1.26 bits per heavy atom. The minimum Gasteiger partial charge on any atom is -0.477 e. The maximum absolute atomic E-state index is 13.0. The molecule has 27 heteroatoms. The van der Waals surface area contributed by atoms with Gasteiger partial charge < -0.3 is 115 Å². The molecule has 0 aliphatic carbocycles. The largest absolute Gasteiger partial charge is 0.477 e. The molecule has 0 bridgehead atoms. The zero-order chi connectivity index (χ0) is 50.6. The smallest absolute Gasteiger partial charge is 0.364 e. The first-order valence-electron chi connectivity index (χ1n) is 22.5. The fourth-order valence-electron chi connectivity index (χ4n) is 8.50. The summed E-state index contributed by atoms with van der Waals surface area (Å²) < 4.78 is 52.1. The van der Waals surface area contributed by atoms with Gasteiger partial charge in [0.2, 0.25) is 11.8 Å². The Kier molecular flexibility index (Phi) is 22.5. The SMILES string of the molecule is COC(=O)CCCCCCCCOC1O[C@H](CO)C(OC2O[C@H](CO)C(O)C(OC3(C(=O)O)CC(O)C(NC(C)=O)C(C(O)C(O)CO)O3)C2O)C(OC2OC(C)C(O)C(O)C2O)C1NC(C)=O. The van der Waals surface area contributed by atoms with E-state index < -0.39 is 172 Å². The highest BCUT2D eigenvalue weighted by Crippen LogP contribution is 2.39. The Morgan fingerprint density at radius 1 is 0.691 bits per heavy atom. The molecular weight excluding hydrogens is 920 g/mol. The van der Waals surface area contributed by atoms with Crippen molar-refractivity contribution in [2.45, 2.75) is 200 Å². The molecule has 0 aromatic carbocycles. The molecule has 19 unspecified atom stereocenters. The molecular formula is C41H70N2O25. The normalized spacial score (nSPS) is 39.6. The predicted octanol–water partition coefficient (Wildman–Crippen LogP) is -6.30. The maximum atomic E-state index is 13.0. The van der Waals surface area contributed by atoms with Crippen molar-refractivity contribution in [3.05, 3.63) is 0 Å². The number of aliphatic hydroxyl groups is 11. The van der Waals surface area contributed by atoms with Gasteiger partial charge in [0.1, 0.15) is 85.4 Å². The highest BCUT2D eigenvalue weighted by Gasteiger charge is 2.61.